The van der Waals surface area contributed by atoms with E-state index in [9.17, 15) is 5.11 Å². The highest BCUT2D eigenvalue weighted by Crippen LogP contribution is 2.24. The quantitative estimate of drug-likeness (QED) is 0.797. The number of benzene rings is 1. The Morgan fingerprint density at radius 3 is 1.75 bits per heavy atom. The first kappa shape index (κ1) is 17.2. The molecule has 0 saturated heterocycles. The van der Waals surface area contributed by atoms with Crippen LogP contribution in [0.3, 0.4) is 0 Å². The first-order valence-electron chi connectivity index (χ1n) is 7.58. The van der Waals surface area contributed by atoms with Gasteiger partial charge in [0.2, 0.25) is 0 Å². The molecule has 20 heavy (non-hydrogen) atoms. The summed E-state index contributed by atoms with van der Waals surface area (Å²) < 4.78 is 5.60. The molecule has 1 unspecified atom stereocenters. The van der Waals surface area contributed by atoms with Gasteiger partial charge in [-0.2, -0.15) is 0 Å². The molecular weight excluding hydrogens is 248 g/mol. The van der Waals surface area contributed by atoms with Crippen molar-refractivity contribution in [2.45, 2.75) is 78.6 Å². The van der Waals surface area contributed by atoms with Crippen LogP contribution in [0, 0.1) is 0 Å². The van der Waals surface area contributed by atoms with Crippen molar-refractivity contribution in [1.29, 1.82) is 0 Å². The minimum absolute atomic E-state index is 0.323. The largest absolute Gasteiger partial charge is 0.368 e. The highest BCUT2D eigenvalue weighted by atomic mass is 16.6. The summed E-state index contributed by atoms with van der Waals surface area (Å²) in [5, 5.41) is 10.1. The van der Waals surface area contributed by atoms with Gasteiger partial charge in [0.15, 0.2) is 6.29 Å². The Balaban J connectivity index is 2.94. The molecule has 0 saturated carbocycles. The molecule has 1 N–H and O–H groups in total. The van der Waals surface area contributed by atoms with Crippen LogP contribution in [0.1, 0.15) is 77.0 Å². The second-order valence-corrected chi connectivity index (χ2v) is 7.21. The Morgan fingerprint density at radius 2 is 1.40 bits per heavy atom. The van der Waals surface area contributed by atoms with Crippen molar-refractivity contribution in [1.82, 2.24) is 0 Å². The van der Waals surface area contributed by atoms with Gasteiger partial charge in [0.25, 0.3) is 0 Å². The molecule has 0 amide bonds. The van der Waals surface area contributed by atoms with E-state index in [2.05, 4.69) is 45.9 Å². The fourth-order valence-electron chi connectivity index (χ4n) is 2.18. The first-order chi connectivity index (χ1) is 9.08. The van der Waals surface area contributed by atoms with Gasteiger partial charge in [-0.3, -0.25) is 0 Å². The van der Waals surface area contributed by atoms with Gasteiger partial charge in [0.1, 0.15) is 0 Å². The summed E-state index contributed by atoms with van der Waals surface area (Å²) in [7, 11) is 0. The van der Waals surface area contributed by atoms with Crippen molar-refractivity contribution < 1.29 is 9.84 Å². The van der Waals surface area contributed by atoms with Crippen molar-refractivity contribution in [3.8, 4) is 0 Å². The van der Waals surface area contributed by atoms with Gasteiger partial charge >= 0.3 is 0 Å². The molecule has 0 fully saturated rings. The molecule has 0 spiro atoms. The van der Waals surface area contributed by atoms with E-state index in [0.29, 0.717) is 18.3 Å². The van der Waals surface area contributed by atoms with Crippen molar-refractivity contribution in [2.75, 3.05) is 0 Å². The molecule has 1 aromatic carbocycles. The second-order valence-electron chi connectivity index (χ2n) is 7.21. The molecule has 2 nitrogen and oxygen atoms in total. The molecule has 0 radical (unpaired) electrons. The molecule has 1 aromatic rings. The predicted molar refractivity (Wildman–Crippen MR) is 85.2 cm³/mol. The van der Waals surface area contributed by atoms with Crippen molar-refractivity contribution in [3.05, 3.63) is 34.9 Å². The minimum Gasteiger partial charge on any atom is -0.368 e. The number of aliphatic hydroxyl groups is 1. The van der Waals surface area contributed by atoms with Gasteiger partial charge in [-0.1, -0.05) is 45.9 Å². The van der Waals surface area contributed by atoms with Crippen molar-refractivity contribution in [2.24, 2.45) is 0 Å². The molecule has 0 aliphatic rings. The Labute approximate surface area is 124 Å². The maximum absolute atomic E-state index is 10.1. The highest BCUT2D eigenvalue weighted by Gasteiger charge is 2.17. The van der Waals surface area contributed by atoms with Gasteiger partial charge < -0.3 is 9.84 Å². The maximum atomic E-state index is 10.1. The van der Waals surface area contributed by atoms with E-state index in [-0.39, 0.29) is 5.60 Å². The molecule has 1 atom stereocenters. The molecule has 0 aromatic heterocycles. The SMILES string of the molecule is CC(C)c1cc(CC(O)OC(C)(C)C)cc(C(C)C)c1. The van der Waals surface area contributed by atoms with Crippen LogP contribution in [-0.2, 0) is 11.2 Å². The molecule has 0 aliphatic heterocycles. The molecular formula is C18H30O2. The van der Waals surface area contributed by atoms with Crippen molar-refractivity contribution >= 4 is 0 Å². The number of rotatable bonds is 5. The van der Waals surface area contributed by atoms with Crippen LogP contribution < -0.4 is 0 Å². The summed E-state index contributed by atoms with van der Waals surface area (Å²) in [5.74, 6) is 0.987. The third kappa shape index (κ3) is 5.64. The van der Waals surface area contributed by atoms with Crippen LogP contribution in [0.2, 0.25) is 0 Å². The van der Waals surface area contributed by atoms with Crippen LogP contribution in [-0.4, -0.2) is 17.0 Å². The lowest BCUT2D eigenvalue weighted by molar-refractivity contribution is -0.163. The number of hydrogen-bond donors (Lipinski definition) is 1. The normalized spacial score (nSPS) is 14.1. The average molecular weight is 278 g/mol. The molecule has 1 rings (SSSR count). The summed E-state index contributed by atoms with van der Waals surface area (Å²) in [4.78, 5) is 0. The fraction of sp³-hybridized carbons (Fsp3) is 0.667. The third-order valence-corrected chi connectivity index (χ3v) is 3.27. The Bertz CT molecular complexity index is 401. The lowest BCUT2D eigenvalue weighted by Gasteiger charge is -2.24. The number of ether oxygens (including phenoxy) is 1. The molecule has 2 heteroatoms. The zero-order chi connectivity index (χ0) is 15.5. The molecule has 0 heterocycles. The summed E-state index contributed by atoms with van der Waals surface area (Å²) in [6, 6.07) is 6.65. The first-order valence-corrected chi connectivity index (χ1v) is 7.58. The number of aliphatic hydroxyl groups excluding tert-OH is 1. The van der Waals surface area contributed by atoms with E-state index in [1.165, 1.54) is 11.1 Å². The van der Waals surface area contributed by atoms with Crippen LogP contribution in [0.5, 0.6) is 0 Å². The smallest absolute Gasteiger partial charge is 0.159 e. The summed E-state index contributed by atoms with van der Waals surface area (Å²) in [5.41, 5.74) is 3.48. The Hall–Kier alpha value is -0.860. The van der Waals surface area contributed by atoms with Crippen LogP contribution in [0.25, 0.3) is 0 Å². The molecule has 114 valence electrons. The van der Waals surface area contributed by atoms with E-state index in [1.807, 2.05) is 20.8 Å². The van der Waals surface area contributed by atoms with E-state index in [0.717, 1.165) is 5.56 Å². The van der Waals surface area contributed by atoms with Crippen LogP contribution in [0.15, 0.2) is 18.2 Å². The minimum atomic E-state index is -0.752. The van der Waals surface area contributed by atoms with Crippen LogP contribution in [0.4, 0.5) is 0 Å². The van der Waals surface area contributed by atoms with Gasteiger partial charge in [-0.15, -0.1) is 0 Å². The van der Waals surface area contributed by atoms with Gasteiger partial charge in [-0.05, 0) is 49.3 Å². The summed E-state index contributed by atoms with van der Waals surface area (Å²) >= 11 is 0. The van der Waals surface area contributed by atoms with E-state index in [1.54, 1.807) is 0 Å². The average Bonchev–Trinajstić information content (AvgIpc) is 2.25. The zero-order valence-corrected chi connectivity index (χ0v) is 14.0. The van der Waals surface area contributed by atoms with E-state index in [4.69, 9.17) is 4.74 Å². The van der Waals surface area contributed by atoms with Crippen LogP contribution >= 0.6 is 0 Å². The van der Waals surface area contributed by atoms with Gasteiger partial charge in [0, 0.05) is 6.42 Å². The van der Waals surface area contributed by atoms with Crippen molar-refractivity contribution in [3.63, 3.8) is 0 Å². The summed E-state index contributed by atoms with van der Waals surface area (Å²) in [6.07, 6.45) is -0.213. The molecule has 0 aliphatic carbocycles. The van der Waals surface area contributed by atoms with E-state index < -0.39 is 6.29 Å². The standard InChI is InChI=1S/C18H30O2/c1-12(2)15-8-14(9-16(11-15)13(3)4)10-17(19)20-18(5,6)7/h8-9,11-13,17,19H,10H2,1-7H3. The van der Waals surface area contributed by atoms with Gasteiger partial charge in [-0.25, -0.2) is 0 Å². The monoisotopic (exact) mass is 278 g/mol. The lowest BCUT2D eigenvalue weighted by atomic mass is 9.92. The highest BCUT2D eigenvalue weighted by molar-refractivity contribution is 5.33. The third-order valence-electron chi connectivity index (χ3n) is 3.27. The number of hydrogen-bond acceptors (Lipinski definition) is 2. The maximum Gasteiger partial charge on any atom is 0.159 e. The second kappa shape index (κ2) is 6.73. The van der Waals surface area contributed by atoms with Gasteiger partial charge in [0.05, 0.1) is 5.60 Å². The predicted octanol–water partition coefficient (Wildman–Crippen LogP) is 4.61. The summed E-state index contributed by atoms with van der Waals surface area (Å²) in [6.45, 7) is 14.7. The Morgan fingerprint density at radius 1 is 0.950 bits per heavy atom. The lowest BCUT2D eigenvalue weighted by Crippen LogP contribution is -2.28. The van der Waals surface area contributed by atoms with E-state index >= 15 is 0 Å². The Kier molecular flexibility index (Phi) is 5.79. The topological polar surface area (TPSA) is 29.5 Å². The fourth-order valence-corrected chi connectivity index (χ4v) is 2.18. The molecule has 0 bridgehead atoms. The zero-order valence-electron chi connectivity index (χ0n) is 14.0.